The fourth-order valence-corrected chi connectivity index (χ4v) is 5.34. The Balaban J connectivity index is 1.40. The van der Waals surface area contributed by atoms with E-state index in [0.29, 0.717) is 24.9 Å². The smallest absolute Gasteiger partial charge is 0.304 e. The van der Waals surface area contributed by atoms with Gasteiger partial charge in [-0.3, -0.25) is 14.5 Å². The van der Waals surface area contributed by atoms with Crippen LogP contribution in [-0.4, -0.2) is 59.8 Å². The Bertz CT molecular complexity index is 737. The summed E-state index contributed by atoms with van der Waals surface area (Å²) < 4.78 is 6.38. The van der Waals surface area contributed by atoms with E-state index in [1.54, 1.807) is 0 Å². The van der Waals surface area contributed by atoms with Crippen LogP contribution in [0.5, 0.6) is 0 Å². The normalized spacial score (nSPS) is 31.8. The summed E-state index contributed by atoms with van der Waals surface area (Å²) in [7, 11) is 0. The Hall–Kier alpha value is -1.92. The number of amides is 1. The van der Waals surface area contributed by atoms with Gasteiger partial charge in [0.2, 0.25) is 0 Å². The van der Waals surface area contributed by atoms with E-state index in [1.807, 2.05) is 24.3 Å². The van der Waals surface area contributed by atoms with E-state index in [1.165, 1.54) is 0 Å². The van der Waals surface area contributed by atoms with Gasteiger partial charge in [0.1, 0.15) is 0 Å². The van der Waals surface area contributed by atoms with Crippen molar-refractivity contribution in [3.8, 4) is 0 Å². The van der Waals surface area contributed by atoms with Crippen molar-refractivity contribution >= 4 is 11.9 Å². The van der Waals surface area contributed by atoms with Crippen molar-refractivity contribution < 1.29 is 19.4 Å². The summed E-state index contributed by atoms with van der Waals surface area (Å²) in [6, 6.07) is 7.76. The third kappa shape index (κ3) is 3.36. The third-order valence-electron chi connectivity index (χ3n) is 6.64. The summed E-state index contributed by atoms with van der Waals surface area (Å²) in [6.45, 7) is 4.95. The molecule has 2 N–H and O–H groups in total. The van der Waals surface area contributed by atoms with E-state index >= 15 is 0 Å². The summed E-state index contributed by atoms with van der Waals surface area (Å²) in [6.07, 6.45) is 3.31. The van der Waals surface area contributed by atoms with Gasteiger partial charge in [-0.05, 0) is 30.9 Å². The number of nitrogens with one attached hydrogen (secondary N) is 1. The molecule has 3 heterocycles. The fourth-order valence-electron chi connectivity index (χ4n) is 5.34. The number of ether oxygens (including phenoxy) is 1. The van der Waals surface area contributed by atoms with Crippen molar-refractivity contribution in [2.75, 3.05) is 26.2 Å². The van der Waals surface area contributed by atoms with Crippen molar-refractivity contribution in [1.29, 1.82) is 0 Å². The van der Waals surface area contributed by atoms with Gasteiger partial charge in [-0.2, -0.15) is 0 Å². The number of hydrogen-bond acceptors (Lipinski definition) is 4. The van der Waals surface area contributed by atoms with Crippen molar-refractivity contribution in [3.05, 3.63) is 35.4 Å². The fraction of sp³-hybridized carbons (Fsp3) is 0.619. The average molecular weight is 372 g/mol. The highest BCUT2D eigenvalue weighted by Gasteiger charge is 2.62. The van der Waals surface area contributed by atoms with Gasteiger partial charge in [0.25, 0.3) is 5.91 Å². The highest BCUT2D eigenvalue weighted by Crippen LogP contribution is 2.54. The van der Waals surface area contributed by atoms with E-state index in [4.69, 9.17) is 9.84 Å². The summed E-state index contributed by atoms with van der Waals surface area (Å²) in [5, 5.41) is 12.1. The number of aryl methyl sites for hydroxylation is 1. The maximum Gasteiger partial charge on any atom is 0.304 e. The van der Waals surface area contributed by atoms with E-state index in [0.717, 1.165) is 43.5 Å². The maximum absolute atomic E-state index is 12.7. The second kappa shape index (κ2) is 7.24. The van der Waals surface area contributed by atoms with Gasteiger partial charge in [0.05, 0.1) is 18.1 Å². The van der Waals surface area contributed by atoms with Gasteiger partial charge < -0.3 is 15.2 Å². The molecule has 1 amide bonds. The van der Waals surface area contributed by atoms with Gasteiger partial charge in [0, 0.05) is 43.6 Å². The van der Waals surface area contributed by atoms with Crippen LogP contribution in [-0.2, 0) is 16.0 Å². The number of likely N-dealkylation sites (tertiary alicyclic amines) is 1. The lowest BCUT2D eigenvalue weighted by Crippen LogP contribution is -2.42. The van der Waals surface area contributed by atoms with E-state index in [2.05, 4.69) is 17.1 Å². The van der Waals surface area contributed by atoms with Gasteiger partial charge >= 0.3 is 5.97 Å². The summed E-state index contributed by atoms with van der Waals surface area (Å²) in [5.41, 5.74) is 1.70. The van der Waals surface area contributed by atoms with Crippen LogP contribution in [0.25, 0.3) is 0 Å². The standard InChI is InChI=1S/C21H28N2O4/c1-2-14-5-3-4-6-15(14)20(26)22-11-16-17-12-23(10-8-19(24)25)13-21(17)9-7-18(16)27-21/h3-6,16-18H,2,7-13H2,1H3,(H,22,26)(H,24,25)/t16-,17+,18+,21+/m0/s1. The summed E-state index contributed by atoms with van der Waals surface area (Å²) in [5.74, 6) is -0.0729. The minimum Gasteiger partial charge on any atom is -0.481 e. The highest BCUT2D eigenvalue weighted by molar-refractivity contribution is 5.95. The first kappa shape index (κ1) is 18.4. The number of aliphatic carboxylic acids is 1. The molecular weight excluding hydrogens is 344 g/mol. The third-order valence-corrected chi connectivity index (χ3v) is 6.64. The molecule has 1 spiro atoms. The number of carboxylic acid groups (broad SMARTS) is 1. The van der Waals surface area contributed by atoms with Crippen molar-refractivity contribution in [2.24, 2.45) is 11.8 Å². The predicted molar refractivity (Wildman–Crippen MR) is 101 cm³/mol. The van der Waals surface area contributed by atoms with Gasteiger partial charge in [-0.1, -0.05) is 25.1 Å². The molecule has 0 aromatic heterocycles. The first-order valence-electron chi connectivity index (χ1n) is 10.0. The minimum atomic E-state index is -0.756. The average Bonchev–Trinajstić information content (AvgIpc) is 3.32. The molecule has 27 heavy (non-hydrogen) atoms. The molecule has 3 aliphatic rings. The first-order valence-corrected chi connectivity index (χ1v) is 10.0. The largest absolute Gasteiger partial charge is 0.481 e. The molecule has 0 radical (unpaired) electrons. The van der Waals surface area contributed by atoms with Gasteiger partial charge in [-0.25, -0.2) is 0 Å². The topological polar surface area (TPSA) is 78.9 Å². The van der Waals surface area contributed by atoms with Crippen LogP contribution in [0.2, 0.25) is 0 Å². The number of carbonyl (C=O) groups excluding carboxylic acids is 1. The maximum atomic E-state index is 12.7. The molecule has 4 rings (SSSR count). The first-order chi connectivity index (χ1) is 13.0. The number of hydrogen-bond donors (Lipinski definition) is 2. The van der Waals surface area contributed by atoms with Crippen LogP contribution in [0.3, 0.4) is 0 Å². The van der Waals surface area contributed by atoms with Crippen LogP contribution in [0.1, 0.15) is 42.1 Å². The summed E-state index contributed by atoms with van der Waals surface area (Å²) >= 11 is 0. The number of carboxylic acids is 1. The number of fused-ring (bicyclic) bond motifs is 1. The second-order valence-corrected chi connectivity index (χ2v) is 8.13. The van der Waals surface area contributed by atoms with Crippen molar-refractivity contribution in [3.63, 3.8) is 0 Å². The molecule has 0 unspecified atom stereocenters. The predicted octanol–water partition coefficient (Wildman–Crippen LogP) is 1.93. The van der Waals surface area contributed by atoms with E-state index in [9.17, 15) is 9.59 Å². The lowest BCUT2D eigenvalue weighted by molar-refractivity contribution is -0.137. The highest BCUT2D eigenvalue weighted by atomic mass is 16.5. The Morgan fingerprint density at radius 2 is 2.19 bits per heavy atom. The molecule has 1 aromatic carbocycles. The molecule has 1 aromatic rings. The van der Waals surface area contributed by atoms with Crippen LogP contribution in [0, 0.1) is 11.8 Å². The molecule has 6 heteroatoms. The zero-order valence-electron chi connectivity index (χ0n) is 15.8. The van der Waals surface area contributed by atoms with E-state index in [-0.39, 0.29) is 24.0 Å². The van der Waals surface area contributed by atoms with Gasteiger partial charge in [0.15, 0.2) is 0 Å². The number of benzene rings is 1. The molecule has 0 saturated carbocycles. The molecular formula is C21H28N2O4. The number of carbonyl (C=O) groups is 2. The van der Waals surface area contributed by atoms with Crippen LogP contribution in [0.4, 0.5) is 0 Å². The van der Waals surface area contributed by atoms with Crippen LogP contribution in [0.15, 0.2) is 24.3 Å². The zero-order valence-corrected chi connectivity index (χ0v) is 15.8. The number of nitrogens with zero attached hydrogens (tertiary/aromatic N) is 1. The molecule has 0 aliphatic carbocycles. The van der Waals surface area contributed by atoms with Crippen LogP contribution < -0.4 is 5.32 Å². The Morgan fingerprint density at radius 3 is 2.96 bits per heavy atom. The van der Waals surface area contributed by atoms with Crippen molar-refractivity contribution in [2.45, 2.75) is 44.3 Å². The quantitative estimate of drug-likeness (QED) is 0.765. The number of rotatable bonds is 7. The van der Waals surface area contributed by atoms with Crippen molar-refractivity contribution in [1.82, 2.24) is 10.2 Å². The molecule has 4 atom stereocenters. The molecule has 3 saturated heterocycles. The zero-order chi connectivity index (χ0) is 19.0. The van der Waals surface area contributed by atoms with Crippen LogP contribution >= 0.6 is 0 Å². The molecule has 146 valence electrons. The van der Waals surface area contributed by atoms with E-state index < -0.39 is 5.97 Å². The Morgan fingerprint density at radius 1 is 1.37 bits per heavy atom. The Labute approximate surface area is 159 Å². The lowest BCUT2D eigenvalue weighted by Gasteiger charge is -2.29. The molecule has 6 nitrogen and oxygen atoms in total. The monoisotopic (exact) mass is 372 g/mol. The SMILES string of the molecule is CCc1ccccc1C(=O)NC[C@H]1[C@H]2CN(CCC(=O)O)C[C@]23CC[C@H]1O3. The molecule has 2 bridgehead atoms. The molecule has 3 fully saturated rings. The summed E-state index contributed by atoms with van der Waals surface area (Å²) in [4.78, 5) is 25.8. The Kier molecular flexibility index (Phi) is 4.95. The molecule has 3 aliphatic heterocycles. The van der Waals surface area contributed by atoms with Gasteiger partial charge in [-0.15, -0.1) is 0 Å². The second-order valence-electron chi connectivity index (χ2n) is 8.13. The lowest BCUT2D eigenvalue weighted by atomic mass is 9.73. The minimum absolute atomic E-state index is 0.00926.